The molecule has 0 N–H and O–H groups in total. The predicted molar refractivity (Wildman–Crippen MR) is 179 cm³/mol. The summed E-state index contributed by atoms with van der Waals surface area (Å²) in [4.78, 5) is 13.2. The first-order valence-electron chi connectivity index (χ1n) is 15.8. The van der Waals surface area contributed by atoms with Crippen molar-refractivity contribution >= 4 is 0 Å². The van der Waals surface area contributed by atoms with Gasteiger partial charge in [0.1, 0.15) is 0 Å². The standard InChI is InChI=1S/2C11H8N.2C7H13N3.2Pt/c2*1-2-6-10(7-3-1)11-8-4-5-9-12-11;2*1-3-8-7-9-4-2-6-10(7)5-1;;/h2*1-6,8-9H;2*7H,1-6H2;;/q2*-1;2*-2;;. The number of nitrogens with zero attached hydrogens (tertiary/aromatic N) is 8. The first kappa shape index (κ1) is 38.3. The molecule has 46 heavy (non-hydrogen) atoms. The van der Waals surface area contributed by atoms with E-state index in [9.17, 15) is 0 Å². The first-order valence-corrected chi connectivity index (χ1v) is 15.8. The normalized spacial score (nSPS) is 18.1. The van der Waals surface area contributed by atoms with E-state index >= 15 is 0 Å². The van der Waals surface area contributed by atoms with Gasteiger partial charge in [-0.05, 0) is 49.7 Å². The Hall–Kier alpha value is -2.12. The van der Waals surface area contributed by atoms with E-state index in [1.165, 1.54) is 51.9 Å². The summed E-state index contributed by atoms with van der Waals surface area (Å²) in [6.45, 7) is 8.90. The van der Waals surface area contributed by atoms with Gasteiger partial charge in [0.15, 0.2) is 0 Å². The van der Waals surface area contributed by atoms with E-state index in [1.54, 1.807) is 12.4 Å². The summed E-state index contributed by atoms with van der Waals surface area (Å²) in [6.07, 6.45) is 8.97. The van der Waals surface area contributed by atoms with Gasteiger partial charge in [0.2, 0.25) is 0 Å². The average molecular weight is 977 g/mol. The fourth-order valence-electron chi connectivity index (χ4n) is 5.33. The van der Waals surface area contributed by atoms with Crippen LogP contribution in [0.15, 0.2) is 97.3 Å². The predicted octanol–water partition coefficient (Wildman–Crippen LogP) is 7.35. The molecule has 2 aromatic carbocycles. The van der Waals surface area contributed by atoms with Crippen molar-refractivity contribution in [3.8, 4) is 22.5 Å². The molecule has 252 valence electrons. The summed E-state index contributed by atoms with van der Waals surface area (Å²) in [7, 11) is 0. The minimum atomic E-state index is 0. The largest absolute Gasteiger partial charge is 0.666 e. The minimum Gasteiger partial charge on any atom is -0.666 e. The molecule has 2 aromatic heterocycles. The van der Waals surface area contributed by atoms with Crippen LogP contribution in [-0.4, -0.2) is 84.7 Å². The second kappa shape index (κ2) is 22.4. The number of benzene rings is 2. The third kappa shape index (κ3) is 12.8. The molecule has 4 fully saturated rings. The quantitative estimate of drug-likeness (QED) is 0.197. The Bertz CT molecular complexity index is 1070. The molecule has 6 heterocycles. The van der Waals surface area contributed by atoms with Crippen molar-refractivity contribution in [3.05, 3.63) is 131 Å². The second-order valence-electron chi connectivity index (χ2n) is 10.8. The van der Waals surface area contributed by atoms with Crippen LogP contribution in [0, 0.1) is 12.1 Å². The number of hydrogen-bond donors (Lipinski definition) is 0. The van der Waals surface area contributed by atoms with E-state index in [0.717, 1.165) is 48.7 Å². The maximum Gasteiger partial charge on any atom is 0.0160 e. The van der Waals surface area contributed by atoms with Gasteiger partial charge in [-0.15, -0.1) is 98.0 Å². The number of hydrogen-bond acceptors (Lipinski definition) is 4. The zero-order valence-electron chi connectivity index (χ0n) is 26.1. The van der Waals surface area contributed by atoms with Crippen LogP contribution in [0.2, 0.25) is 0 Å². The summed E-state index contributed by atoms with van der Waals surface area (Å²) in [5, 5.41) is 17.6. The van der Waals surface area contributed by atoms with Gasteiger partial charge in [-0.3, -0.25) is 0 Å². The van der Waals surface area contributed by atoms with Gasteiger partial charge >= 0.3 is 0 Å². The van der Waals surface area contributed by atoms with E-state index < -0.39 is 0 Å². The van der Waals surface area contributed by atoms with E-state index in [1.807, 2.05) is 84.9 Å². The van der Waals surface area contributed by atoms with Crippen LogP contribution in [0.25, 0.3) is 43.8 Å². The van der Waals surface area contributed by atoms with Gasteiger partial charge in [0.05, 0.1) is 0 Å². The van der Waals surface area contributed by atoms with Gasteiger partial charge in [0, 0.05) is 54.5 Å². The number of aromatic nitrogens is 2. The van der Waals surface area contributed by atoms with Crippen LogP contribution in [-0.2, 0) is 42.1 Å². The van der Waals surface area contributed by atoms with Crippen molar-refractivity contribution in [2.24, 2.45) is 0 Å². The maximum absolute atomic E-state index is 4.41. The fraction of sp³-hybridized carbons (Fsp3) is 0.389. The van der Waals surface area contributed by atoms with Gasteiger partial charge in [-0.2, -0.15) is 12.6 Å². The van der Waals surface area contributed by atoms with Gasteiger partial charge in [0.25, 0.3) is 0 Å². The van der Waals surface area contributed by atoms with E-state index in [2.05, 4.69) is 53.2 Å². The Labute approximate surface area is 304 Å². The smallest absolute Gasteiger partial charge is 0.0160 e. The molecule has 4 saturated heterocycles. The Morgan fingerprint density at radius 1 is 0.500 bits per heavy atom. The summed E-state index contributed by atoms with van der Waals surface area (Å²) in [5.74, 6) is 0. The molecule has 10 heteroatoms. The Kier molecular flexibility index (Phi) is 18.7. The monoisotopic (exact) mass is 976 g/mol. The maximum atomic E-state index is 4.41. The number of fused-ring (bicyclic) bond motifs is 2. The van der Waals surface area contributed by atoms with Crippen molar-refractivity contribution < 1.29 is 42.1 Å². The van der Waals surface area contributed by atoms with Crippen molar-refractivity contribution in [1.29, 1.82) is 0 Å². The zero-order chi connectivity index (χ0) is 30.1. The van der Waals surface area contributed by atoms with Crippen LogP contribution >= 0.6 is 0 Å². The first-order chi connectivity index (χ1) is 21.9. The van der Waals surface area contributed by atoms with E-state index in [4.69, 9.17) is 0 Å². The molecule has 4 aliphatic rings. The van der Waals surface area contributed by atoms with E-state index in [0.29, 0.717) is 0 Å². The molecule has 4 aromatic rings. The van der Waals surface area contributed by atoms with E-state index in [-0.39, 0.29) is 54.7 Å². The van der Waals surface area contributed by atoms with Crippen molar-refractivity contribution in [2.45, 2.75) is 38.3 Å². The molecule has 0 bridgehead atoms. The molecule has 0 radical (unpaired) electrons. The molecule has 0 spiro atoms. The van der Waals surface area contributed by atoms with Gasteiger partial charge in [-0.25, -0.2) is 0 Å². The molecule has 0 amide bonds. The molecule has 8 nitrogen and oxygen atoms in total. The van der Waals surface area contributed by atoms with Crippen molar-refractivity contribution in [2.75, 3.05) is 52.4 Å². The van der Waals surface area contributed by atoms with Crippen molar-refractivity contribution in [1.82, 2.24) is 19.8 Å². The molecule has 4 aliphatic heterocycles. The third-order valence-corrected chi connectivity index (χ3v) is 7.54. The Morgan fingerprint density at radius 3 is 1.15 bits per heavy atom. The zero-order valence-corrected chi connectivity index (χ0v) is 30.6. The molecule has 0 saturated carbocycles. The Morgan fingerprint density at radius 2 is 0.870 bits per heavy atom. The topological polar surface area (TPSA) is 88.7 Å². The average Bonchev–Trinajstić information content (AvgIpc) is 3.14. The number of pyridine rings is 2. The van der Waals surface area contributed by atoms with Crippen LogP contribution in [0.4, 0.5) is 0 Å². The minimum absolute atomic E-state index is 0. The molecule has 0 unspecified atom stereocenters. The summed E-state index contributed by atoms with van der Waals surface area (Å²) >= 11 is 0. The summed E-state index contributed by atoms with van der Waals surface area (Å²) < 4.78 is 0. The molecular weight excluding hydrogens is 935 g/mol. The van der Waals surface area contributed by atoms with Gasteiger partial charge in [-0.1, -0.05) is 49.9 Å². The fourth-order valence-corrected chi connectivity index (χ4v) is 5.33. The summed E-state index contributed by atoms with van der Waals surface area (Å²) in [6, 6.07) is 33.6. The second-order valence-corrected chi connectivity index (χ2v) is 10.8. The van der Waals surface area contributed by atoms with Gasteiger partial charge < -0.3 is 41.0 Å². The molecule has 0 atom stereocenters. The van der Waals surface area contributed by atoms with Crippen LogP contribution in [0.3, 0.4) is 0 Å². The van der Waals surface area contributed by atoms with Crippen LogP contribution in [0.1, 0.15) is 25.7 Å². The van der Waals surface area contributed by atoms with Crippen molar-refractivity contribution in [3.63, 3.8) is 0 Å². The summed E-state index contributed by atoms with van der Waals surface area (Å²) in [5.41, 5.74) is 4.02. The van der Waals surface area contributed by atoms with Crippen LogP contribution in [0.5, 0.6) is 0 Å². The molecule has 8 rings (SSSR count). The third-order valence-electron chi connectivity index (χ3n) is 7.54. The van der Waals surface area contributed by atoms with Crippen LogP contribution < -0.4 is 0 Å². The molecule has 0 aliphatic carbocycles. The number of rotatable bonds is 2. The molecular formula is C36H42N8Pt2-6. The Balaban J connectivity index is 0.000000165. The SMILES string of the molecule is C1C[N-]C2[N-]CCCN2C1.C1C[N-]C2[N-]CCCN2C1.[Pt].[Pt].[c-]1ccccc1-c1ccccn1.[c-]1ccccc1-c1ccccn1.